The Kier molecular flexibility index (Phi) is 5.02. The number of ether oxygens (including phenoxy) is 1. The van der Waals surface area contributed by atoms with Crippen LogP contribution < -0.4 is 10.1 Å². The molecule has 0 aliphatic carbocycles. The molecule has 0 spiro atoms. The van der Waals surface area contributed by atoms with Crippen molar-refractivity contribution in [3.63, 3.8) is 0 Å². The van der Waals surface area contributed by atoms with Gasteiger partial charge in [0.1, 0.15) is 5.75 Å². The first-order chi connectivity index (χ1) is 8.75. The van der Waals surface area contributed by atoms with Gasteiger partial charge in [0.2, 0.25) is 0 Å². The van der Waals surface area contributed by atoms with Crippen molar-refractivity contribution in [1.29, 1.82) is 0 Å². The van der Waals surface area contributed by atoms with Gasteiger partial charge in [0.05, 0.1) is 6.61 Å². The zero-order chi connectivity index (χ0) is 12.8. The summed E-state index contributed by atoms with van der Waals surface area (Å²) in [6.07, 6.45) is 1.10. The van der Waals surface area contributed by atoms with Crippen molar-refractivity contribution in [2.75, 3.05) is 39.3 Å². The predicted octanol–water partition coefficient (Wildman–Crippen LogP) is 1.98. The minimum atomic E-state index is 0.813. The van der Waals surface area contributed by atoms with Crippen LogP contribution >= 0.6 is 0 Å². The molecule has 2 rings (SSSR count). The van der Waals surface area contributed by atoms with Crippen molar-refractivity contribution in [2.45, 2.75) is 20.3 Å². The fourth-order valence-electron chi connectivity index (χ4n) is 2.37. The van der Waals surface area contributed by atoms with Crippen LogP contribution in [0.1, 0.15) is 17.5 Å². The average Bonchev–Trinajstić information content (AvgIpc) is 2.38. The summed E-state index contributed by atoms with van der Waals surface area (Å²) in [4.78, 5) is 2.50. The van der Waals surface area contributed by atoms with Crippen LogP contribution in [0.4, 0.5) is 0 Å². The van der Waals surface area contributed by atoms with Gasteiger partial charge in [0.15, 0.2) is 0 Å². The van der Waals surface area contributed by atoms with Gasteiger partial charge in [0.25, 0.3) is 0 Å². The van der Waals surface area contributed by atoms with Gasteiger partial charge in [-0.3, -0.25) is 0 Å². The molecule has 1 aromatic carbocycles. The molecule has 1 heterocycles. The van der Waals surface area contributed by atoms with E-state index < -0.39 is 0 Å². The minimum Gasteiger partial charge on any atom is -0.493 e. The van der Waals surface area contributed by atoms with Crippen LogP contribution in [0.5, 0.6) is 5.75 Å². The van der Waals surface area contributed by atoms with Crippen molar-refractivity contribution in [3.05, 3.63) is 29.3 Å². The lowest BCUT2D eigenvalue weighted by molar-refractivity contribution is 0.213. The Hall–Kier alpha value is -1.06. The van der Waals surface area contributed by atoms with Gasteiger partial charge in [-0.1, -0.05) is 17.7 Å². The summed E-state index contributed by atoms with van der Waals surface area (Å²) in [6.45, 7) is 10.8. The van der Waals surface area contributed by atoms with Crippen LogP contribution in [0, 0.1) is 13.8 Å². The van der Waals surface area contributed by atoms with Gasteiger partial charge in [-0.2, -0.15) is 0 Å². The molecule has 100 valence electrons. The molecule has 3 nitrogen and oxygen atoms in total. The van der Waals surface area contributed by atoms with E-state index in [0.717, 1.165) is 38.4 Å². The van der Waals surface area contributed by atoms with E-state index in [9.17, 15) is 0 Å². The summed E-state index contributed by atoms with van der Waals surface area (Å²) < 4.78 is 5.84. The number of benzene rings is 1. The molecule has 1 fully saturated rings. The Balaban J connectivity index is 1.68. The lowest BCUT2D eigenvalue weighted by Crippen LogP contribution is -2.43. The molecule has 0 saturated carbocycles. The van der Waals surface area contributed by atoms with Crippen molar-refractivity contribution in [1.82, 2.24) is 10.2 Å². The number of hydrogen-bond donors (Lipinski definition) is 1. The second-order valence-electron chi connectivity index (χ2n) is 5.06. The number of rotatable bonds is 5. The third kappa shape index (κ3) is 4.00. The number of piperazine rings is 1. The maximum Gasteiger partial charge on any atom is 0.122 e. The molecule has 0 radical (unpaired) electrons. The molecule has 1 N–H and O–H groups in total. The normalized spacial score (nSPS) is 16.8. The van der Waals surface area contributed by atoms with Crippen LogP contribution in [-0.4, -0.2) is 44.2 Å². The summed E-state index contributed by atoms with van der Waals surface area (Å²) in [5.41, 5.74) is 2.53. The molecule has 3 heteroatoms. The first-order valence-electron chi connectivity index (χ1n) is 6.89. The molecule has 1 saturated heterocycles. The first-order valence-corrected chi connectivity index (χ1v) is 6.89. The van der Waals surface area contributed by atoms with Gasteiger partial charge < -0.3 is 15.0 Å². The minimum absolute atomic E-state index is 0.813. The molecular weight excluding hydrogens is 224 g/mol. The fourth-order valence-corrected chi connectivity index (χ4v) is 2.37. The summed E-state index contributed by atoms with van der Waals surface area (Å²) in [5.74, 6) is 1.03. The Morgan fingerprint density at radius 1 is 1.22 bits per heavy atom. The summed E-state index contributed by atoms with van der Waals surface area (Å²) in [7, 11) is 0. The van der Waals surface area contributed by atoms with Gasteiger partial charge in [-0.25, -0.2) is 0 Å². The maximum absolute atomic E-state index is 5.84. The van der Waals surface area contributed by atoms with Crippen LogP contribution in [0.3, 0.4) is 0 Å². The zero-order valence-electron chi connectivity index (χ0n) is 11.5. The highest BCUT2D eigenvalue weighted by Crippen LogP contribution is 2.18. The smallest absolute Gasteiger partial charge is 0.122 e. The van der Waals surface area contributed by atoms with E-state index in [1.807, 2.05) is 0 Å². The molecule has 1 aromatic rings. The number of nitrogens with zero attached hydrogens (tertiary/aromatic N) is 1. The highest BCUT2D eigenvalue weighted by molar-refractivity contribution is 5.35. The molecule has 18 heavy (non-hydrogen) atoms. The zero-order valence-corrected chi connectivity index (χ0v) is 11.5. The van der Waals surface area contributed by atoms with E-state index in [0.29, 0.717) is 0 Å². The standard InChI is InChI=1S/C15H24N2O/c1-13-4-5-15(14(2)12-13)18-11-3-8-17-9-6-16-7-10-17/h4-5,12,16H,3,6-11H2,1-2H3. The van der Waals surface area contributed by atoms with Gasteiger partial charge >= 0.3 is 0 Å². The van der Waals surface area contributed by atoms with E-state index in [-0.39, 0.29) is 0 Å². The van der Waals surface area contributed by atoms with Crippen molar-refractivity contribution in [2.24, 2.45) is 0 Å². The molecule has 0 bridgehead atoms. The third-order valence-electron chi connectivity index (χ3n) is 3.42. The summed E-state index contributed by atoms with van der Waals surface area (Å²) in [6, 6.07) is 6.36. The Bertz CT molecular complexity index is 373. The van der Waals surface area contributed by atoms with E-state index in [2.05, 4.69) is 42.3 Å². The Labute approximate surface area is 110 Å². The Morgan fingerprint density at radius 2 is 2.00 bits per heavy atom. The molecule has 0 unspecified atom stereocenters. The van der Waals surface area contributed by atoms with Gasteiger partial charge in [-0.05, 0) is 31.9 Å². The van der Waals surface area contributed by atoms with E-state index in [1.54, 1.807) is 0 Å². The van der Waals surface area contributed by atoms with E-state index in [4.69, 9.17) is 4.74 Å². The predicted molar refractivity (Wildman–Crippen MR) is 75.3 cm³/mol. The highest BCUT2D eigenvalue weighted by atomic mass is 16.5. The molecular formula is C15H24N2O. The molecule has 1 aliphatic heterocycles. The van der Waals surface area contributed by atoms with Gasteiger partial charge in [-0.15, -0.1) is 0 Å². The number of hydrogen-bond acceptors (Lipinski definition) is 3. The SMILES string of the molecule is Cc1ccc(OCCCN2CCNCC2)c(C)c1. The number of aryl methyl sites for hydroxylation is 2. The van der Waals surface area contributed by atoms with Crippen LogP contribution in [0.15, 0.2) is 18.2 Å². The van der Waals surface area contributed by atoms with Crippen molar-refractivity contribution >= 4 is 0 Å². The van der Waals surface area contributed by atoms with E-state index in [1.165, 1.54) is 24.2 Å². The molecule has 0 amide bonds. The van der Waals surface area contributed by atoms with Crippen LogP contribution in [-0.2, 0) is 0 Å². The molecule has 1 aliphatic rings. The maximum atomic E-state index is 5.84. The highest BCUT2D eigenvalue weighted by Gasteiger charge is 2.08. The molecule has 0 atom stereocenters. The first kappa shape index (κ1) is 13.4. The average molecular weight is 248 g/mol. The molecule has 0 aromatic heterocycles. The Morgan fingerprint density at radius 3 is 2.72 bits per heavy atom. The topological polar surface area (TPSA) is 24.5 Å². The monoisotopic (exact) mass is 248 g/mol. The largest absolute Gasteiger partial charge is 0.493 e. The van der Waals surface area contributed by atoms with E-state index >= 15 is 0 Å². The lowest BCUT2D eigenvalue weighted by atomic mass is 10.1. The van der Waals surface area contributed by atoms with Gasteiger partial charge in [0, 0.05) is 32.7 Å². The second-order valence-corrected chi connectivity index (χ2v) is 5.06. The van der Waals surface area contributed by atoms with Crippen molar-refractivity contribution in [3.8, 4) is 5.75 Å². The quantitative estimate of drug-likeness (QED) is 0.806. The van der Waals surface area contributed by atoms with Crippen molar-refractivity contribution < 1.29 is 4.74 Å². The lowest BCUT2D eigenvalue weighted by Gasteiger charge is -2.27. The third-order valence-corrected chi connectivity index (χ3v) is 3.42. The number of nitrogens with one attached hydrogen (secondary N) is 1. The summed E-state index contributed by atoms with van der Waals surface area (Å²) in [5, 5.41) is 3.37. The fraction of sp³-hybridized carbons (Fsp3) is 0.600. The van der Waals surface area contributed by atoms with Crippen LogP contribution in [0.25, 0.3) is 0 Å². The van der Waals surface area contributed by atoms with Crippen LogP contribution in [0.2, 0.25) is 0 Å². The summed E-state index contributed by atoms with van der Waals surface area (Å²) >= 11 is 0. The second kappa shape index (κ2) is 6.76.